The Kier molecular flexibility index (Phi) is 4.52. The Morgan fingerprint density at radius 1 is 1.10 bits per heavy atom. The lowest BCUT2D eigenvalue weighted by atomic mass is 10.2. The summed E-state index contributed by atoms with van der Waals surface area (Å²) in [5.41, 5.74) is 1.05. The summed E-state index contributed by atoms with van der Waals surface area (Å²) in [5, 5.41) is 0.438. The van der Waals surface area contributed by atoms with Crippen molar-refractivity contribution in [3.63, 3.8) is 0 Å². The summed E-state index contributed by atoms with van der Waals surface area (Å²) in [6.07, 6.45) is 0. The van der Waals surface area contributed by atoms with Gasteiger partial charge in [0.05, 0.1) is 12.9 Å². The Bertz CT molecular complexity index is 684. The second-order valence-electron chi connectivity index (χ2n) is 4.18. The number of benzene rings is 2. The van der Waals surface area contributed by atoms with Gasteiger partial charge in [0.2, 0.25) is 10.0 Å². The second-order valence-corrected chi connectivity index (χ2v) is 6.31. The number of rotatable bonds is 5. The van der Waals surface area contributed by atoms with Gasteiger partial charge in [-0.2, -0.15) is 0 Å². The molecule has 0 amide bonds. The van der Waals surface area contributed by atoms with Crippen LogP contribution in [0.5, 0.6) is 5.75 Å². The van der Waals surface area contributed by atoms with Crippen molar-refractivity contribution in [2.24, 2.45) is 0 Å². The molecule has 0 fully saturated rings. The molecule has 0 aromatic heterocycles. The van der Waals surface area contributed by atoms with Gasteiger partial charge in [0.1, 0.15) is 5.75 Å². The molecule has 2 aromatic rings. The van der Waals surface area contributed by atoms with Crippen LogP contribution in [0.4, 0.5) is 5.69 Å². The number of anilines is 1. The van der Waals surface area contributed by atoms with Gasteiger partial charge in [0.25, 0.3) is 0 Å². The smallest absolute Gasteiger partial charge is 0.236 e. The van der Waals surface area contributed by atoms with Gasteiger partial charge < -0.3 is 4.74 Å². The molecule has 0 aliphatic heterocycles. The lowest BCUT2D eigenvalue weighted by molar-refractivity contribution is 0.415. The van der Waals surface area contributed by atoms with Crippen LogP contribution in [0, 0.1) is 0 Å². The highest BCUT2D eigenvalue weighted by molar-refractivity contribution is 7.91. The molecule has 0 atom stereocenters. The molecule has 0 unspecified atom stereocenters. The van der Waals surface area contributed by atoms with E-state index in [0.717, 1.165) is 0 Å². The second kappa shape index (κ2) is 6.15. The molecule has 0 aliphatic rings. The molecule has 0 aliphatic carbocycles. The van der Waals surface area contributed by atoms with E-state index in [9.17, 15) is 8.42 Å². The maximum Gasteiger partial charge on any atom is 0.236 e. The van der Waals surface area contributed by atoms with Crippen LogP contribution in [0.1, 0.15) is 5.56 Å². The number of nitrogens with one attached hydrogen (secondary N) is 1. The molecule has 0 heterocycles. The average Bonchev–Trinajstić information content (AvgIpc) is 2.41. The quantitative estimate of drug-likeness (QED) is 0.922. The van der Waals surface area contributed by atoms with Gasteiger partial charge in [0.15, 0.2) is 0 Å². The first-order valence-electron chi connectivity index (χ1n) is 5.88. The van der Waals surface area contributed by atoms with Crippen LogP contribution in [0.3, 0.4) is 0 Å². The van der Waals surface area contributed by atoms with E-state index in [-0.39, 0.29) is 5.75 Å². The Labute approximate surface area is 123 Å². The van der Waals surface area contributed by atoms with Gasteiger partial charge in [-0.05, 0) is 35.9 Å². The molecule has 2 aromatic carbocycles. The molecule has 4 nitrogen and oxygen atoms in total. The molecule has 106 valence electrons. The molecule has 20 heavy (non-hydrogen) atoms. The average molecular weight is 312 g/mol. The summed E-state index contributed by atoms with van der Waals surface area (Å²) in [7, 11) is -1.95. The molecule has 6 heteroatoms. The third-order valence-electron chi connectivity index (χ3n) is 2.67. The van der Waals surface area contributed by atoms with Gasteiger partial charge in [-0.1, -0.05) is 29.8 Å². The SMILES string of the molecule is COc1ccc(NS(=O)(=O)Cc2ccccc2Cl)cc1. The van der Waals surface area contributed by atoms with Gasteiger partial charge >= 0.3 is 0 Å². The summed E-state index contributed by atoms with van der Waals surface area (Å²) in [4.78, 5) is 0. The molecular formula is C14H14ClNO3S. The van der Waals surface area contributed by atoms with Crippen molar-refractivity contribution in [1.29, 1.82) is 0 Å². The van der Waals surface area contributed by atoms with E-state index < -0.39 is 10.0 Å². The van der Waals surface area contributed by atoms with Crippen LogP contribution in [-0.2, 0) is 15.8 Å². The van der Waals surface area contributed by atoms with E-state index in [4.69, 9.17) is 16.3 Å². The minimum Gasteiger partial charge on any atom is -0.497 e. The van der Waals surface area contributed by atoms with Crippen molar-refractivity contribution in [1.82, 2.24) is 0 Å². The number of hydrogen-bond acceptors (Lipinski definition) is 3. The fraction of sp³-hybridized carbons (Fsp3) is 0.143. The molecule has 0 radical (unpaired) electrons. The van der Waals surface area contributed by atoms with E-state index in [1.165, 1.54) is 0 Å². The first-order chi connectivity index (χ1) is 9.50. The maximum atomic E-state index is 12.1. The fourth-order valence-electron chi connectivity index (χ4n) is 1.69. The predicted octanol–water partition coefficient (Wildman–Crippen LogP) is 3.29. The summed E-state index contributed by atoms with van der Waals surface area (Å²) >= 11 is 5.96. The zero-order valence-corrected chi connectivity index (χ0v) is 12.4. The highest BCUT2D eigenvalue weighted by Crippen LogP contribution is 2.20. The summed E-state index contributed by atoms with van der Waals surface area (Å²) < 4.78 is 31.7. The van der Waals surface area contributed by atoms with Crippen LogP contribution in [0.15, 0.2) is 48.5 Å². The largest absolute Gasteiger partial charge is 0.497 e. The lowest BCUT2D eigenvalue weighted by Crippen LogP contribution is -2.15. The molecule has 0 spiro atoms. The Morgan fingerprint density at radius 2 is 1.75 bits per heavy atom. The van der Waals surface area contributed by atoms with Gasteiger partial charge in [-0.15, -0.1) is 0 Å². The van der Waals surface area contributed by atoms with Crippen LogP contribution < -0.4 is 9.46 Å². The van der Waals surface area contributed by atoms with Crippen molar-refractivity contribution in [2.45, 2.75) is 5.75 Å². The Balaban J connectivity index is 2.13. The molecule has 2 rings (SSSR count). The molecule has 0 saturated heterocycles. The van der Waals surface area contributed by atoms with Crippen molar-refractivity contribution >= 4 is 27.3 Å². The minimum atomic E-state index is -3.51. The topological polar surface area (TPSA) is 55.4 Å². The number of ether oxygens (including phenoxy) is 1. The van der Waals surface area contributed by atoms with Crippen LogP contribution in [0.25, 0.3) is 0 Å². The van der Waals surface area contributed by atoms with Crippen molar-refractivity contribution in [3.05, 3.63) is 59.1 Å². The number of halogens is 1. The van der Waals surface area contributed by atoms with E-state index in [0.29, 0.717) is 22.0 Å². The summed E-state index contributed by atoms with van der Waals surface area (Å²) in [6, 6.07) is 13.5. The van der Waals surface area contributed by atoms with Crippen LogP contribution in [-0.4, -0.2) is 15.5 Å². The zero-order valence-electron chi connectivity index (χ0n) is 10.8. The Hall–Kier alpha value is -1.72. The van der Waals surface area contributed by atoms with Gasteiger partial charge in [-0.25, -0.2) is 8.42 Å². The minimum absolute atomic E-state index is 0.168. The summed E-state index contributed by atoms with van der Waals surface area (Å²) in [5.74, 6) is 0.498. The normalized spacial score (nSPS) is 11.1. The highest BCUT2D eigenvalue weighted by Gasteiger charge is 2.13. The van der Waals surface area contributed by atoms with Gasteiger partial charge in [-0.3, -0.25) is 4.72 Å². The van der Waals surface area contributed by atoms with Crippen molar-refractivity contribution < 1.29 is 13.2 Å². The summed E-state index contributed by atoms with van der Waals surface area (Å²) in [6.45, 7) is 0. The first kappa shape index (κ1) is 14.7. The number of methoxy groups -OCH3 is 1. The fourth-order valence-corrected chi connectivity index (χ4v) is 3.21. The number of sulfonamides is 1. The van der Waals surface area contributed by atoms with Crippen molar-refractivity contribution in [2.75, 3.05) is 11.8 Å². The van der Waals surface area contributed by atoms with E-state index >= 15 is 0 Å². The third kappa shape index (κ3) is 3.88. The van der Waals surface area contributed by atoms with E-state index in [1.807, 2.05) is 0 Å². The van der Waals surface area contributed by atoms with Crippen molar-refractivity contribution in [3.8, 4) is 5.75 Å². The molecule has 0 saturated carbocycles. The van der Waals surface area contributed by atoms with E-state index in [2.05, 4.69) is 4.72 Å². The van der Waals surface area contributed by atoms with Crippen LogP contribution >= 0.6 is 11.6 Å². The first-order valence-corrected chi connectivity index (χ1v) is 7.91. The number of hydrogen-bond donors (Lipinski definition) is 1. The van der Waals surface area contributed by atoms with Gasteiger partial charge in [0, 0.05) is 10.7 Å². The maximum absolute atomic E-state index is 12.1. The molecular weight excluding hydrogens is 298 g/mol. The molecule has 0 bridgehead atoms. The predicted molar refractivity (Wildman–Crippen MR) is 80.7 cm³/mol. The highest BCUT2D eigenvalue weighted by atomic mass is 35.5. The standard InChI is InChI=1S/C14H14ClNO3S/c1-19-13-8-6-12(7-9-13)16-20(17,18)10-11-4-2-3-5-14(11)15/h2-9,16H,10H2,1H3. The Morgan fingerprint density at radius 3 is 2.35 bits per heavy atom. The zero-order chi connectivity index (χ0) is 14.6. The van der Waals surface area contributed by atoms with E-state index in [1.54, 1.807) is 55.6 Å². The third-order valence-corrected chi connectivity index (χ3v) is 4.27. The van der Waals surface area contributed by atoms with Crippen LogP contribution in [0.2, 0.25) is 5.02 Å². The lowest BCUT2D eigenvalue weighted by Gasteiger charge is -2.09. The monoisotopic (exact) mass is 311 g/mol. The molecule has 1 N–H and O–H groups in total.